The van der Waals surface area contributed by atoms with Gasteiger partial charge in [0.2, 0.25) is 5.91 Å². The van der Waals surface area contributed by atoms with Crippen LogP contribution in [0.4, 0.5) is 5.69 Å². The van der Waals surface area contributed by atoms with Gasteiger partial charge in [-0.15, -0.1) is 24.8 Å². The number of esters is 1. The molecule has 3 N–H and O–H groups in total. The van der Waals surface area contributed by atoms with Crippen molar-refractivity contribution in [2.24, 2.45) is 11.7 Å². The van der Waals surface area contributed by atoms with Crippen LogP contribution in [-0.2, 0) is 14.3 Å². The number of nitrogens with one attached hydrogen (secondary N) is 1. The number of anilines is 1. The molecule has 2 atom stereocenters. The zero-order valence-electron chi connectivity index (χ0n) is 12.8. The average Bonchev–Trinajstić information content (AvgIpc) is 2.83. The molecule has 1 aliphatic rings. The highest BCUT2D eigenvalue weighted by molar-refractivity contribution is 6.39. The summed E-state index contributed by atoms with van der Waals surface area (Å²) >= 11 is 12.0. The molecule has 0 bridgehead atoms. The second kappa shape index (κ2) is 10.3. The van der Waals surface area contributed by atoms with Gasteiger partial charge in [-0.05, 0) is 12.1 Å². The summed E-state index contributed by atoms with van der Waals surface area (Å²) in [5.41, 5.74) is 6.28. The van der Waals surface area contributed by atoms with Crippen LogP contribution >= 0.6 is 48.0 Å². The largest absolute Gasteiger partial charge is 0.469 e. The normalized spacial score (nSPS) is 19.8. The minimum Gasteiger partial charge on any atom is -0.469 e. The van der Waals surface area contributed by atoms with Gasteiger partial charge in [0.15, 0.2) is 0 Å². The summed E-state index contributed by atoms with van der Waals surface area (Å²) in [5.74, 6) is -1.04. The number of ether oxygens (including phenoxy) is 1. The summed E-state index contributed by atoms with van der Waals surface area (Å²) in [6.45, 7) is 0.934. The first-order valence-electron chi connectivity index (χ1n) is 6.72. The van der Waals surface area contributed by atoms with Crippen LogP contribution in [0.3, 0.4) is 0 Å². The van der Waals surface area contributed by atoms with Gasteiger partial charge in [-0.3, -0.25) is 14.5 Å². The number of halogens is 4. The summed E-state index contributed by atoms with van der Waals surface area (Å²) in [7, 11) is 1.32. The van der Waals surface area contributed by atoms with Gasteiger partial charge >= 0.3 is 5.97 Å². The van der Waals surface area contributed by atoms with Crippen molar-refractivity contribution in [2.75, 3.05) is 32.1 Å². The number of likely N-dealkylation sites (tertiary alicyclic amines) is 1. The number of carbonyl (C=O) groups excluding carboxylic acids is 2. The molecular weight excluding hydrogens is 400 g/mol. The molecule has 0 aromatic heterocycles. The third-order valence-corrected chi connectivity index (χ3v) is 4.17. The quantitative estimate of drug-likeness (QED) is 0.732. The van der Waals surface area contributed by atoms with Crippen molar-refractivity contribution >= 4 is 65.6 Å². The van der Waals surface area contributed by atoms with Crippen molar-refractivity contribution in [2.45, 2.75) is 6.04 Å². The summed E-state index contributed by atoms with van der Waals surface area (Å²) < 4.78 is 4.70. The maximum Gasteiger partial charge on any atom is 0.311 e. The first-order chi connectivity index (χ1) is 10.4. The number of hydrogen-bond acceptors (Lipinski definition) is 5. The lowest BCUT2D eigenvalue weighted by molar-refractivity contribution is -0.145. The van der Waals surface area contributed by atoms with E-state index in [1.807, 2.05) is 0 Å². The number of methoxy groups -OCH3 is 1. The molecule has 1 aromatic carbocycles. The third-order valence-electron chi connectivity index (χ3n) is 3.54. The lowest BCUT2D eigenvalue weighted by atomic mass is 10.1. The molecule has 136 valence electrons. The molecule has 1 aliphatic heterocycles. The van der Waals surface area contributed by atoms with Gasteiger partial charge in [0, 0.05) is 19.1 Å². The number of rotatable bonds is 4. The van der Waals surface area contributed by atoms with Gasteiger partial charge in [0.1, 0.15) is 0 Å². The van der Waals surface area contributed by atoms with E-state index < -0.39 is 5.92 Å². The third kappa shape index (κ3) is 5.65. The minimum absolute atomic E-state index is 0. The lowest BCUT2D eigenvalue weighted by Gasteiger charge is -2.16. The van der Waals surface area contributed by atoms with Gasteiger partial charge in [-0.1, -0.05) is 29.3 Å². The summed E-state index contributed by atoms with van der Waals surface area (Å²) in [6, 6.07) is 4.63. The average molecular weight is 419 g/mol. The Morgan fingerprint density at radius 1 is 1.29 bits per heavy atom. The number of carbonyl (C=O) groups is 2. The van der Waals surface area contributed by atoms with Crippen LogP contribution in [0.5, 0.6) is 0 Å². The zero-order chi connectivity index (χ0) is 16.3. The summed E-state index contributed by atoms with van der Waals surface area (Å²) in [4.78, 5) is 25.5. The SMILES string of the molecule is COC(=O)C1CN(CC(=O)Nc2c(Cl)cccc2Cl)CC1N.Cl.Cl. The number of hydrogen-bond donors (Lipinski definition) is 2. The Bertz CT molecular complexity index is 568. The highest BCUT2D eigenvalue weighted by Gasteiger charge is 2.36. The smallest absolute Gasteiger partial charge is 0.311 e. The maximum absolute atomic E-state index is 12.1. The maximum atomic E-state index is 12.1. The molecule has 2 unspecified atom stereocenters. The second-order valence-corrected chi connectivity index (χ2v) is 5.95. The van der Waals surface area contributed by atoms with E-state index in [9.17, 15) is 9.59 Å². The van der Waals surface area contributed by atoms with E-state index in [1.54, 1.807) is 23.1 Å². The predicted molar refractivity (Wildman–Crippen MR) is 99.5 cm³/mol. The Morgan fingerprint density at radius 3 is 2.42 bits per heavy atom. The Morgan fingerprint density at radius 2 is 1.88 bits per heavy atom. The monoisotopic (exact) mass is 417 g/mol. The Kier molecular flexibility index (Phi) is 9.96. The molecule has 24 heavy (non-hydrogen) atoms. The van der Waals surface area contributed by atoms with Gasteiger partial charge < -0.3 is 15.8 Å². The molecule has 1 heterocycles. The predicted octanol–water partition coefficient (Wildman–Crippen LogP) is 2.21. The van der Waals surface area contributed by atoms with E-state index in [0.717, 1.165) is 0 Å². The van der Waals surface area contributed by atoms with Gasteiger partial charge in [-0.2, -0.15) is 0 Å². The van der Waals surface area contributed by atoms with Crippen molar-refractivity contribution in [3.8, 4) is 0 Å². The van der Waals surface area contributed by atoms with Crippen LogP contribution in [0.25, 0.3) is 0 Å². The van der Waals surface area contributed by atoms with Crippen LogP contribution in [0, 0.1) is 5.92 Å². The molecule has 0 spiro atoms. The molecule has 6 nitrogen and oxygen atoms in total. The molecule has 1 aromatic rings. The Balaban J connectivity index is 0.00000264. The van der Waals surface area contributed by atoms with Gasteiger partial charge in [-0.25, -0.2) is 0 Å². The molecule has 0 aliphatic carbocycles. The van der Waals surface area contributed by atoms with Crippen LogP contribution in [0.1, 0.15) is 0 Å². The number of nitrogens with two attached hydrogens (primary N) is 1. The van der Waals surface area contributed by atoms with Crippen LogP contribution in [0.15, 0.2) is 18.2 Å². The standard InChI is InChI=1S/C14H17Cl2N3O3.2ClH/c1-22-14(21)8-5-19(6-11(8)17)7-12(20)18-13-9(15)3-2-4-10(13)16;;/h2-4,8,11H,5-7,17H2,1H3,(H,18,20);2*1H. The van der Waals surface area contributed by atoms with Crippen molar-refractivity contribution in [3.05, 3.63) is 28.2 Å². The molecular formula is C14H19Cl4N3O3. The van der Waals surface area contributed by atoms with Crippen LogP contribution in [-0.4, -0.2) is 49.6 Å². The first-order valence-corrected chi connectivity index (χ1v) is 7.47. The zero-order valence-corrected chi connectivity index (χ0v) is 16.0. The highest BCUT2D eigenvalue weighted by atomic mass is 35.5. The van der Waals surface area contributed by atoms with E-state index in [1.165, 1.54) is 7.11 Å². The van der Waals surface area contributed by atoms with Gasteiger partial charge in [0.25, 0.3) is 0 Å². The topological polar surface area (TPSA) is 84.7 Å². The molecule has 1 saturated heterocycles. The molecule has 1 fully saturated rings. The van der Waals surface area contributed by atoms with Gasteiger partial charge in [0.05, 0.1) is 35.3 Å². The minimum atomic E-state index is -0.415. The second-order valence-electron chi connectivity index (χ2n) is 5.13. The van der Waals surface area contributed by atoms with Crippen molar-refractivity contribution in [1.82, 2.24) is 4.90 Å². The number of nitrogens with zero attached hydrogens (tertiary/aromatic N) is 1. The fourth-order valence-corrected chi connectivity index (χ4v) is 2.93. The molecule has 0 radical (unpaired) electrons. The molecule has 10 heteroatoms. The van der Waals surface area contributed by atoms with E-state index in [0.29, 0.717) is 28.8 Å². The Hall–Kier alpha value is -0.760. The van der Waals surface area contributed by atoms with Crippen molar-refractivity contribution < 1.29 is 14.3 Å². The molecule has 2 rings (SSSR count). The summed E-state index contributed by atoms with van der Waals surface area (Å²) in [5, 5.41) is 3.41. The number of para-hydroxylation sites is 1. The van der Waals surface area contributed by atoms with E-state index >= 15 is 0 Å². The molecule has 1 amide bonds. The molecule has 0 saturated carbocycles. The number of amides is 1. The van der Waals surface area contributed by atoms with E-state index in [2.05, 4.69) is 5.32 Å². The van der Waals surface area contributed by atoms with E-state index in [4.69, 9.17) is 33.7 Å². The first kappa shape index (κ1) is 23.2. The highest BCUT2D eigenvalue weighted by Crippen LogP contribution is 2.29. The van der Waals surface area contributed by atoms with Crippen LogP contribution < -0.4 is 11.1 Å². The fraction of sp³-hybridized carbons (Fsp3) is 0.429. The van der Waals surface area contributed by atoms with Crippen molar-refractivity contribution in [1.29, 1.82) is 0 Å². The summed E-state index contributed by atoms with van der Waals surface area (Å²) in [6.07, 6.45) is 0. The van der Waals surface area contributed by atoms with E-state index in [-0.39, 0.29) is 49.3 Å². The fourth-order valence-electron chi connectivity index (χ4n) is 2.44. The van der Waals surface area contributed by atoms with Crippen LogP contribution in [0.2, 0.25) is 10.0 Å². The number of benzene rings is 1. The Labute approximate surface area is 162 Å². The lowest BCUT2D eigenvalue weighted by Crippen LogP contribution is -2.35. The van der Waals surface area contributed by atoms with Crippen molar-refractivity contribution in [3.63, 3.8) is 0 Å².